The van der Waals surface area contributed by atoms with Crippen molar-refractivity contribution in [3.05, 3.63) is 90.6 Å². The van der Waals surface area contributed by atoms with Crippen molar-refractivity contribution in [1.82, 2.24) is 9.55 Å². The van der Waals surface area contributed by atoms with Gasteiger partial charge in [0, 0.05) is 19.2 Å². The zero-order valence-corrected chi connectivity index (χ0v) is 19.5. The molecule has 0 unspecified atom stereocenters. The van der Waals surface area contributed by atoms with E-state index >= 15 is 0 Å². The number of anilines is 1. The van der Waals surface area contributed by atoms with E-state index in [4.69, 9.17) is 24.5 Å². The zero-order chi connectivity index (χ0) is 25.2. The summed E-state index contributed by atoms with van der Waals surface area (Å²) < 4.78 is 7.79. The molecule has 35 heavy (non-hydrogen) atoms. The van der Waals surface area contributed by atoms with Gasteiger partial charge in [0.2, 0.25) is 5.95 Å². The predicted molar refractivity (Wildman–Crippen MR) is 134 cm³/mol. The van der Waals surface area contributed by atoms with Crippen LogP contribution in [0.2, 0.25) is 0 Å². The molecule has 0 aliphatic rings. The van der Waals surface area contributed by atoms with Gasteiger partial charge in [0.1, 0.15) is 5.75 Å². The SMILES string of the molecule is CCOc1ccccc1CNc1ncc(-c2ccc(-c3ccccc3)cc2)n1C.O=C(O)C(=O)O. The number of imidazole rings is 1. The fourth-order valence-corrected chi connectivity index (χ4v) is 3.43. The van der Waals surface area contributed by atoms with E-state index in [1.54, 1.807) is 0 Å². The Hall–Kier alpha value is -4.59. The first-order valence-corrected chi connectivity index (χ1v) is 11.0. The number of ether oxygens (including phenoxy) is 1. The Morgan fingerprint density at radius 2 is 1.43 bits per heavy atom. The molecular formula is C27H27N3O5. The number of benzene rings is 3. The third-order valence-corrected chi connectivity index (χ3v) is 5.17. The monoisotopic (exact) mass is 473 g/mol. The van der Waals surface area contributed by atoms with Gasteiger partial charge < -0.3 is 24.8 Å². The number of carboxylic acids is 2. The number of hydrogen-bond acceptors (Lipinski definition) is 5. The highest BCUT2D eigenvalue weighted by Gasteiger charge is 2.10. The summed E-state index contributed by atoms with van der Waals surface area (Å²) in [6.45, 7) is 3.31. The smallest absolute Gasteiger partial charge is 0.414 e. The molecule has 4 aromatic rings. The van der Waals surface area contributed by atoms with Crippen LogP contribution < -0.4 is 10.1 Å². The maximum Gasteiger partial charge on any atom is 0.414 e. The lowest BCUT2D eigenvalue weighted by Gasteiger charge is -2.12. The number of nitrogens with zero attached hydrogens (tertiary/aromatic N) is 2. The van der Waals surface area contributed by atoms with Crippen LogP contribution in [-0.2, 0) is 23.2 Å². The molecule has 0 amide bonds. The molecule has 1 heterocycles. The van der Waals surface area contributed by atoms with E-state index in [-0.39, 0.29) is 0 Å². The van der Waals surface area contributed by atoms with Crippen molar-refractivity contribution in [2.75, 3.05) is 11.9 Å². The summed E-state index contributed by atoms with van der Waals surface area (Å²) in [7, 11) is 2.03. The molecule has 1 aromatic heterocycles. The fourth-order valence-electron chi connectivity index (χ4n) is 3.43. The molecule has 0 aliphatic carbocycles. The lowest BCUT2D eigenvalue weighted by molar-refractivity contribution is -0.159. The van der Waals surface area contributed by atoms with Crippen LogP contribution in [0, 0.1) is 0 Å². The minimum Gasteiger partial charge on any atom is -0.494 e. The Morgan fingerprint density at radius 1 is 0.857 bits per heavy atom. The van der Waals surface area contributed by atoms with Crippen LogP contribution in [-0.4, -0.2) is 38.3 Å². The molecule has 8 nitrogen and oxygen atoms in total. The van der Waals surface area contributed by atoms with Crippen LogP contribution in [0.3, 0.4) is 0 Å². The highest BCUT2D eigenvalue weighted by Crippen LogP contribution is 2.26. The lowest BCUT2D eigenvalue weighted by atomic mass is 10.0. The van der Waals surface area contributed by atoms with Crippen LogP contribution in [0.5, 0.6) is 5.75 Å². The number of aliphatic carboxylic acids is 2. The Balaban J connectivity index is 0.000000509. The van der Waals surface area contributed by atoms with Crippen molar-refractivity contribution in [3.8, 4) is 28.1 Å². The highest BCUT2D eigenvalue weighted by molar-refractivity contribution is 6.27. The van der Waals surface area contributed by atoms with E-state index in [1.807, 2.05) is 44.4 Å². The van der Waals surface area contributed by atoms with Gasteiger partial charge in [0.25, 0.3) is 0 Å². The average molecular weight is 474 g/mol. The molecular weight excluding hydrogens is 446 g/mol. The van der Waals surface area contributed by atoms with Crippen LogP contribution in [0.4, 0.5) is 5.95 Å². The molecule has 180 valence electrons. The molecule has 0 spiro atoms. The number of carboxylic acid groups (broad SMARTS) is 2. The van der Waals surface area contributed by atoms with Crippen LogP contribution in [0.15, 0.2) is 85.1 Å². The largest absolute Gasteiger partial charge is 0.494 e. The van der Waals surface area contributed by atoms with Gasteiger partial charge >= 0.3 is 11.9 Å². The zero-order valence-electron chi connectivity index (χ0n) is 19.5. The molecule has 4 rings (SSSR count). The van der Waals surface area contributed by atoms with E-state index < -0.39 is 11.9 Å². The Kier molecular flexibility index (Phi) is 8.61. The number of nitrogens with one attached hydrogen (secondary N) is 1. The summed E-state index contributed by atoms with van der Waals surface area (Å²) in [5.41, 5.74) is 5.76. The molecule has 8 heteroatoms. The van der Waals surface area contributed by atoms with Crippen molar-refractivity contribution >= 4 is 17.9 Å². The summed E-state index contributed by atoms with van der Waals surface area (Å²) in [4.78, 5) is 22.8. The van der Waals surface area contributed by atoms with Gasteiger partial charge in [0.05, 0.1) is 18.5 Å². The van der Waals surface area contributed by atoms with Crippen molar-refractivity contribution < 1.29 is 24.5 Å². The molecule has 0 fully saturated rings. The number of carbonyl (C=O) groups is 2. The normalized spacial score (nSPS) is 10.1. The quantitative estimate of drug-likeness (QED) is 0.327. The summed E-state index contributed by atoms with van der Waals surface area (Å²) >= 11 is 0. The molecule has 0 bridgehead atoms. The number of aromatic nitrogens is 2. The third kappa shape index (κ3) is 6.70. The molecule has 0 atom stereocenters. The maximum absolute atomic E-state index is 9.10. The first kappa shape index (κ1) is 25.0. The van der Waals surface area contributed by atoms with Gasteiger partial charge in [-0.1, -0.05) is 72.8 Å². The summed E-state index contributed by atoms with van der Waals surface area (Å²) in [5, 5.41) is 18.2. The van der Waals surface area contributed by atoms with Gasteiger partial charge in [-0.05, 0) is 29.7 Å². The second-order valence-corrected chi connectivity index (χ2v) is 7.47. The molecule has 0 saturated heterocycles. The first-order valence-electron chi connectivity index (χ1n) is 11.0. The number of hydrogen-bond donors (Lipinski definition) is 3. The van der Waals surface area contributed by atoms with Crippen molar-refractivity contribution in [3.63, 3.8) is 0 Å². The number of para-hydroxylation sites is 1. The molecule has 0 saturated carbocycles. The minimum atomic E-state index is -1.82. The van der Waals surface area contributed by atoms with Crippen molar-refractivity contribution in [2.45, 2.75) is 13.5 Å². The van der Waals surface area contributed by atoms with E-state index in [2.05, 4.69) is 69.5 Å². The van der Waals surface area contributed by atoms with Gasteiger partial charge in [-0.25, -0.2) is 14.6 Å². The fraction of sp³-hybridized carbons (Fsp3) is 0.148. The first-order chi connectivity index (χ1) is 16.9. The topological polar surface area (TPSA) is 114 Å². The van der Waals surface area contributed by atoms with Crippen molar-refractivity contribution in [1.29, 1.82) is 0 Å². The van der Waals surface area contributed by atoms with Crippen LogP contribution >= 0.6 is 0 Å². The van der Waals surface area contributed by atoms with E-state index in [9.17, 15) is 0 Å². The van der Waals surface area contributed by atoms with Gasteiger partial charge in [-0.15, -0.1) is 0 Å². The average Bonchev–Trinajstić information content (AvgIpc) is 3.24. The molecule has 0 aliphatic heterocycles. The Labute approximate surface area is 203 Å². The summed E-state index contributed by atoms with van der Waals surface area (Å²) in [5.74, 6) is -1.91. The van der Waals surface area contributed by atoms with Crippen LogP contribution in [0.25, 0.3) is 22.4 Å². The lowest BCUT2D eigenvalue weighted by Crippen LogP contribution is -2.09. The Morgan fingerprint density at radius 3 is 2.06 bits per heavy atom. The standard InChI is InChI=1S/C25H25N3O.C2H2O4/c1-3-29-24-12-8-7-11-22(24)17-26-25-27-18-23(28(25)2)21-15-13-20(14-16-21)19-9-5-4-6-10-19;3-1(4)2(5)6/h4-16,18H,3,17H2,1-2H3,(H,26,27);(H,3,4)(H,5,6). The van der Waals surface area contributed by atoms with Gasteiger partial charge in [0.15, 0.2) is 0 Å². The third-order valence-electron chi connectivity index (χ3n) is 5.17. The van der Waals surface area contributed by atoms with Gasteiger partial charge in [-0.2, -0.15) is 0 Å². The minimum absolute atomic E-state index is 0.655. The number of rotatable bonds is 7. The van der Waals surface area contributed by atoms with E-state index in [0.717, 1.165) is 28.5 Å². The second-order valence-electron chi connectivity index (χ2n) is 7.47. The van der Waals surface area contributed by atoms with E-state index in [0.29, 0.717) is 13.2 Å². The maximum atomic E-state index is 9.10. The second kappa shape index (κ2) is 12.0. The summed E-state index contributed by atoms with van der Waals surface area (Å²) in [6, 6.07) is 27.1. The van der Waals surface area contributed by atoms with Crippen LogP contribution in [0.1, 0.15) is 12.5 Å². The predicted octanol–water partition coefficient (Wildman–Crippen LogP) is 4.92. The Bertz CT molecular complexity index is 1260. The highest BCUT2D eigenvalue weighted by atomic mass is 16.5. The molecule has 0 radical (unpaired) electrons. The summed E-state index contributed by atoms with van der Waals surface area (Å²) in [6.07, 6.45) is 1.91. The van der Waals surface area contributed by atoms with E-state index in [1.165, 1.54) is 11.1 Å². The van der Waals surface area contributed by atoms with Crippen molar-refractivity contribution in [2.24, 2.45) is 7.05 Å². The molecule has 3 N–H and O–H groups in total. The van der Waals surface area contributed by atoms with Gasteiger partial charge in [-0.3, -0.25) is 0 Å². The molecule has 3 aromatic carbocycles.